The van der Waals surface area contributed by atoms with Gasteiger partial charge in [0.25, 0.3) is 0 Å². The number of benzene rings is 2. The zero-order chi connectivity index (χ0) is 27.8. The molecule has 2 amide bonds. The van der Waals surface area contributed by atoms with Gasteiger partial charge in [-0.2, -0.15) is 0 Å². The van der Waals surface area contributed by atoms with Crippen molar-refractivity contribution in [1.29, 1.82) is 0 Å². The molecule has 0 aliphatic heterocycles. The summed E-state index contributed by atoms with van der Waals surface area (Å²) >= 11 is 0. The van der Waals surface area contributed by atoms with Crippen LogP contribution in [0.3, 0.4) is 0 Å². The van der Waals surface area contributed by atoms with Crippen molar-refractivity contribution >= 4 is 27.5 Å². The number of rotatable bonds is 13. The summed E-state index contributed by atoms with van der Waals surface area (Å²) in [5.41, 5.74) is 2.03. The fraction of sp³-hybridized carbons (Fsp3) is 0.481. The van der Waals surface area contributed by atoms with E-state index in [1.165, 1.54) is 25.2 Å². The molecule has 0 aliphatic rings. The lowest BCUT2D eigenvalue weighted by atomic mass is 10.1. The van der Waals surface area contributed by atoms with Crippen LogP contribution in [-0.4, -0.2) is 64.2 Å². The lowest BCUT2D eigenvalue weighted by Gasteiger charge is -2.33. The van der Waals surface area contributed by atoms with Gasteiger partial charge in [0.1, 0.15) is 24.1 Å². The van der Waals surface area contributed by atoms with Crippen LogP contribution in [0.1, 0.15) is 44.7 Å². The zero-order valence-corrected chi connectivity index (χ0v) is 23.6. The van der Waals surface area contributed by atoms with Crippen LogP contribution in [0.4, 0.5) is 5.69 Å². The summed E-state index contributed by atoms with van der Waals surface area (Å²) < 4.78 is 37.4. The van der Waals surface area contributed by atoms with E-state index < -0.39 is 28.5 Å². The second-order valence-electron chi connectivity index (χ2n) is 9.06. The Morgan fingerprint density at radius 2 is 1.73 bits per heavy atom. The first-order chi connectivity index (χ1) is 17.4. The molecule has 2 atom stereocenters. The Kier molecular flexibility index (Phi) is 10.8. The van der Waals surface area contributed by atoms with Gasteiger partial charge in [0.05, 0.1) is 26.2 Å². The fourth-order valence-corrected chi connectivity index (χ4v) is 4.80. The maximum atomic E-state index is 13.8. The van der Waals surface area contributed by atoms with Crippen molar-refractivity contribution in [3.8, 4) is 11.5 Å². The number of ether oxygens (including phenoxy) is 2. The molecule has 0 fully saturated rings. The van der Waals surface area contributed by atoms with E-state index in [-0.39, 0.29) is 29.9 Å². The number of nitrogens with one attached hydrogen (secondary N) is 1. The van der Waals surface area contributed by atoms with Crippen LogP contribution in [0.5, 0.6) is 11.5 Å². The van der Waals surface area contributed by atoms with Crippen LogP contribution in [0.25, 0.3) is 0 Å². The van der Waals surface area contributed by atoms with E-state index in [0.717, 1.165) is 28.1 Å². The van der Waals surface area contributed by atoms with Crippen molar-refractivity contribution in [3.63, 3.8) is 0 Å². The molecule has 0 unspecified atom stereocenters. The second kappa shape index (κ2) is 13.3. The van der Waals surface area contributed by atoms with Crippen LogP contribution >= 0.6 is 0 Å². The number of hydrogen-bond acceptors (Lipinski definition) is 6. The molecule has 9 nitrogen and oxygen atoms in total. The molecule has 0 saturated carbocycles. The molecule has 2 aromatic rings. The first-order valence-corrected chi connectivity index (χ1v) is 14.1. The van der Waals surface area contributed by atoms with Crippen LogP contribution in [-0.2, 0) is 26.2 Å². The minimum absolute atomic E-state index is 0.0639. The third-order valence-electron chi connectivity index (χ3n) is 6.16. The molecule has 204 valence electrons. The number of carbonyl (C=O) groups excluding carboxylic acids is 2. The molecule has 0 aliphatic carbocycles. The molecule has 1 N–H and O–H groups in total. The lowest BCUT2D eigenvalue weighted by molar-refractivity contribution is -0.140. The molecular weight excluding hydrogens is 494 g/mol. The Balaban J connectivity index is 2.53. The van der Waals surface area contributed by atoms with Gasteiger partial charge in [-0.25, -0.2) is 8.42 Å². The number of anilines is 1. The third kappa shape index (κ3) is 8.11. The first-order valence-electron chi connectivity index (χ1n) is 12.3. The summed E-state index contributed by atoms with van der Waals surface area (Å²) in [6.07, 6.45) is 2.13. The molecular formula is C27H39N3O6S. The van der Waals surface area contributed by atoms with E-state index in [1.807, 2.05) is 52.0 Å². The highest BCUT2D eigenvalue weighted by atomic mass is 32.2. The quantitative estimate of drug-likeness (QED) is 0.423. The summed E-state index contributed by atoms with van der Waals surface area (Å²) in [6, 6.07) is 11.5. The number of hydrogen-bond donors (Lipinski definition) is 1. The SMILES string of the molecule is CC[C@H](C(=O)N[C@@H](C)CC)N(Cc1cccc(C)c1)C(=O)CN(c1cc(OC)ccc1OC)S(C)(=O)=O. The van der Waals surface area contributed by atoms with Crippen molar-refractivity contribution in [3.05, 3.63) is 53.6 Å². The molecule has 0 bridgehead atoms. The van der Waals surface area contributed by atoms with Gasteiger partial charge in [0.15, 0.2) is 0 Å². The van der Waals surface area contributed by atoms with Crippen molar-refractivity contribution in [2.45, 2.75) is 59.2 Å². The van der Waals surface area contributed by atoms with E-state index in [0.29, 0.717) is 12.2 Å². The number of amides is 2. The van der Waals surface area contributed by atoms with Gasteiger partial charge in [-0.1, -0.05) is 43.7 Å². The first kappa shape index (κ1) is 30.0. The Morgan fingerprint density at radius 1 is 1.03 bits per heavy atom. The summed E-state index contributed by atoms with van der Waals surface area (Å²) in [4.78, 5) is 28.5. The van der Waals surface area contributed by atoms with E-state index in [9.17, 15) is 18.0 Å². The third-order valence-corrected chi connectivity index (χ3v) is 7.28. The minimum atomic E-state index is -3.91. The number of carbonyl (C=O) groups is 2. The number of nitrogens with zero attached hydrogens (tertiary/aromatic N) is 2. The summed E-state index contributed by atoms with van der Waals surface area (Å²) in [7, 11) is -1.02. The van der Waals surface area contributed by atoms with E-state index >= 15 is 0 Å². The minimum Gasteiger partial charge on any atom is -0.497 e. The molecule has 0 aromatic heterocycles. The van der Waals surface area contributed by atoms with Gasteiger partial charge in [0, 0.05) is 18.7 Å². The van der Waals surface area contributed by atoms with Crippen LogP contribution < -0.4 is 19.1 Å². The Hall–Kier alpha value is -3.27. The van der Waals surface area contributed by atoms with Crippen molar-refractivity contribution in [2.24, 2.45) is 0 Å². The molecule has 0 saturated heterocycles. The Morgan fingerprint density at radius 3 is 2.27 bits per heavy atom. The smallest absolute Gasteiger partial charge is 0.244 e. The van der Waals surface area contributed by atoms with Crippen LogP contribution in [0.2, 0.25) is 0 Å². The standard InChI is InChI=1S/C27H39N3O6S/c1-8-20(4)28-27(32)23(9-2)29(17-21-12-10-11-19(3)15-21)26(31)18-30(37(7,33)34)24-16-22(35-5)13-14-25(24)36-6/h10-16,20,23H,8-9,17-18H2,1-7H3,(H,28,32)/t20-,23+/m0/s1. The van der Waals surface area contributed by atoms with Gasteiger partial charge in [-0.3, -0.25) is 13.9 Å². The van der Waals surface area contributed by atoms with Crippen LogP contribution in [0.15, 0.2) is 42.5 Å². The molecule has 0 radical (unpaired) electrons. The van der Waals surface area contributed by atoms with Gasteiger partial charge in [-0.05, 0) is 44.4 Å². The number of aryl methyl sites for hydroxylation is 1. The van der Waals surface area contributed by atoms with Gasteiger partial charge < -0.3 is 19.7 Å². The van der Waals surface area contributed by atoms with E-state index in [1.54, 1.807) is 12.1 Å². The normalized spacial score (nSPS) is 12.8. The zero-order valence-electron chi connectivity index (χ0n) is 22.8. The van der Waals surface area contributed by atoms with Crippen molar-refractivity contribution in [1.82, 2.24) is 10.2 Å². The number of methoxy groups -OCH3 is 2. The largest absolute Gasteiger partial charge is 0.497 e. The highest BCUT2D eigenvalue weighted by Gasteiger charge is 2.33. The Bertz CT molecular complexity index is 1180. The van der Waals surface area contributed by atoms with E-state index in [2.05, 4.69) is 5.32 Å². The molecule has 0 heterocycles. The maximum Gasteiger partial charge on any atom is 0.244 e. The molecule has 10 heteroatoms. The second-order valence-corrected chi connectivity index (χ2v) is 11.0. The molecule has 37 heavy (non-hydrogen) atoms. The van der Waals surface area contributed by atoms with Gasteiger partial charge in [0.2, 0.25) is 21.8 Å². The van der Waals surface area contributed by atoms with Gasteiger partial charge in [-0.15, -0.1) is 0 Å². The van der Waals surface area contributed by atoms with E-state index in [4.69, 9.17) is 9.47 Å². The molecule has 2 aromatic carbocycles. The average Bonchev–Trinajstić information content (AvgIpc) is 2.85. The highest BCUT2D eigenvalue weighted by Crippen LogP contribution is 2.34. The predicted octanol–water partition coefficient (Wildman–Crippen LogP) is 3.50. The lowest BCUT2D eigenvalue weighted by Crippen LogP contribution is -2.53. The summed E-state index contributed by atoms with van der Waals surface area (Å²) in [5.74, 6) is -0.107. The average molecular weight is 534 g/mol. The highest BCUT2D eigenvalue weighted by molar-refractivity contribution is 7.92. The number of sulfonamides is 1. The fourth-order valence-electron chi connectivity index (χ4n) is 3.95. The molecule has 2 rings (SSSR count). The maximum absolute atomic E-state index is 13.8. The topological polar surface area (TPSA) is 105 Å². The van der Waals surface area contributed by atoms with Crippen LogP contribution in [0, 0.1) is 6.92 Å². The van der Waals surface area contributed by atoms with Crippen molar-refractivity contribution < 1.29 is 27.5 Å². The Labute approximate surface area is 220 Å². The summed E-state index contributed by atoms with van der Waals surface area (Å²) in [6.45, 7) is 7.28. The monoisotopic (exact) mass is 533 g/mol. The predicted molar refractivity (Wildman–Crippen MR) is 145 cm³/mol. The van der Waals surface area contributed by atoms with Gasteiger partial charge >= 0.3 is 0 Å². The van der Waals surface area contributed by atoms with Crippen molar-refractivity contribution in [2.75, 3.05) is 31.3 Å². The molecule has 0 spiro atoms. The summed E-state index contributed by atoms with van der Waals surface area (Å²) in [5, 5.41) is 2.96.